The first-order valence-electron chi connectivity index (χ1n) is 7.71. The van der Waals surface area contributed by atoms with Crippen LogP contribution in [0.3, 0.4) is 0 Å². The third kappa shape index (κ3) is 3.33. The van der Waals surface area contributed by atoms with E-state index in [1.54, 1.807) is 32.0 Å². The van der Waals surface area contributed by atoms with Crippen LogP contribution in [0.25, 0.3) is 16.2 Å². The van der Waals surface area contributed by atoms with Crippen LogP contribution in [0.5, 0.6) is 17.2 Å². The molecule has 0 fully saturated rings. The van der Waals surface area contributed by atoms with Gasteiger partial charge < -0.3 is 24.6 Å². The Morgan fingerprint density at radius 2 is 1.88 bits per heavy atom. The molecule has 25 heavy (non-hydrogen) atoms. The summed E-state index contributed by atoms with van der Waals surface area (Å²) in [5.41, 5.74) is 1.68. The predicted molar refractivity (Wildman–Crippen MR) is 96.1 cm³/mol. The van der Waals surface area contributed by atoms with Crippen molar-refractivity contribution >= 4 is 21.4 Å². The molecular formula is C16H20N4O4S. The zero-order chi connectivity index (χ0) is 17.8. The van der Waals surface area contributed by atoms with Gasteiger partial charge in [-0.1, -0.05) is 11.3 Å². The van der Waals surface area contributed by atoms with E-state index in [1.807, 2.05) is 12.1 Å². The number of imidazole rings is 1. The van der Waals surface area contributed by atoms with Crippen molar-refractivity contribution in [3.8, 4) is 28.5 Å². The van der Waals surface area contributed by atoms with Gasteiger partial charge in [0.15, 0.2) is 11.5 Å². The van der Waals surface area contributed by atoms with Gasteiger partial charge in [-0.25, -0.2) is 9.50 Å². The van der Waals surface area contributed by atoms with E-state index in [-0.39, 0.29) is 6.61 Å². The van der Waals surface area contributed by atoms with Crippen molar-refractivity contribution < 1.29 is 19.3 Å². The lowest BCUT2D eigenvalue weighted by Gasteiger charge is -2.13. The molecule has 0 radical (unpaired) electrons. The number of aliphatic hydroxyl groups excluding tert-OH is 1. The highest BCUT2D eigenvalue weighted by molar-refractivity contribution is 7.20. The number of rotatable bonds is 8. The van der Waals surface area contributed by atoms with Crippen LogP contribution in [0.1, 0.15) is 6.42 Å². The predicted octanol–water partition coefficient (Wildman–Crippen LogP) is 2.28. The van der Waals surface area contributed by atoms with E-state index in [2.05, 4.69) is 15.4 Å². The number of ether oxygens (including phenoxy) is 3. The SMILES string of the molecule is COc1cc(-c2cnc3sc(NCCCO)nn23)cc(OC)c1OC. The summed E-state index contributed by atoms with van der Waals surface area (Å²) in [4.78, 5) is 5.19. The molecule has 0 unspecified atom stereocenters. The number of hydrogen-bond donors (Lipinski definition) is 2. The van der Waals surface area contributed by atoms with Gasteiger partial charge in [-0.05, 0) is 18.6 Å². The van der Waals surface area contributed by atoms with E-state index in [4.69, 9.17) is 19.3 Å². The molecule has 0 aliphatic carbocycles. The third-order valence-corrected chi connectivity index (χ3v) is 4.54. The molecule has 0 saturated heterocycles. The van der Waals surface area contributed by atoms with Crippen LogP contribution >= 0.6 is 11.3 Å². The number of benzene rings is 1. The van der Waals surface area contributed by atoms with E-state index in [1.165, 1.54) is 11.3 Å². The Labute approximate surface area is 149 Å². The molecule has 0 aliphatic heterocycles. The van der Waals surface area contributed by atoms with Crippen LogP contribution < -0.4 is 19.5 Å². The van der Waals surface area contributed by atoms with Crippen molar-refractivity contribution in [3.05, 3.63) is 18.3 Å². The lowest BCUT2D eigenvalue weighted by atomic mass is 10.1. The first kappa shape index (κ1) is 17.3. The van der Waals surface area contributed by atoms with Crippen molar-refractivity contribution in [2.24, 2.45) is 0 Å². The quantitative estimate of drug-likeness (QED) is 0.593. The van der Waals surface area contributed by atoms with Crippen LogP contribution in [0, 0.1) is 0 Å². The van der Waals surface area contributed by atoms with Gasteiger partial charge in [0.1, 0.15) is 0 Å². The summed E-state index contributed by atoms with van der Waals surface area (Å²) < 4.78 is 18.0. The van der Waals surface area contributed by atoms with E-state index in [0.717, 1.165) is 21.3 Å². The molecule has 2 aromatic heterocycles. The smallest absolute Gasteiger partial charge is 0.214 e. The molecule has 0 amide bonds. The van der Waals surface area contributed by atoms with Gasteiger partial charge in [0.05, 0.1) is 33.2 Å². The Balaban J connectivity index is 2.01. The average Bonchev–Trinajstić information content (AvgIpc) is 3.20. The monoisotopic (exact) mass is 364 g/mol. The lowest BCUT2D eigenvalue weighted by molar-refractivity contribution is 0.292. The molecule has 0 atom stereocenters. The highest BCUT2D eigenvalue weighted by Gasteiger charge is 2.17. The summed E-state index contributed by atoms with van der Waals surface area (Å²) in [6.45, 7) is 0.804. The molecule has 3 aromatic rings. The Morgan fingerprint density at radius 3 is 2.48 bits per heavy atom. The summed E-state index contributed by atoms with van der Waals surface area (Å²) >= 11 is 1.45. The van der Waals surface area contributed by atoms with Crippen molar-refractivity contribution in [1.29, 1.82) is 0 Å². The van der Waals surface area contributed by atoms with Gasteiger partial charge in [-0.3, -0.25) is 0 Å². The van der Waals surface area contributed by atoms with Gasteiger partial charge in [0, 0.05) is 18.7 Å². The first-order valence-corrected chi connectivity index (χ1v) is 8.53. The Kier molecular flexibility index (Phi) is 5.25. The Morgan fingerprint density at radius 1 is 1.16 bits per heavy atom. The van der Waals surface area contributed by atoms with Gasteiger partial charge in [-0.2, -0.15) is 0 Å². The molecule has 3 rings (SSSR count). The van der Waals surface area contributed by atoms with Crippen molar-refractivity contribution in [2.45, 2.75) is 6.42 Å². The Hall–Kier alpha value is -2.52. The van der Waals surface area contributed by atoms with Crippen LogP contribution in [-0.2, 0) is 0 Å². The van der Waals surface area contributed by atoms with Gasteiger partial charge in [0.25, 0.3) is 0 Å². The molecule has 8 nitrogen and oxygen atoms in total. The van der Waals surface area contributed by atoms with E-state index < -0.39 is 0 Å². The molecule has 0 saturated carbocycles. The van der Waals surface area contributed by atoms with Crippen LogP contribution in [0.15, 0.2) is 18.3 Å². The number of aliphatic hydroxyl groups is 1. The standard InChI is InChI=1S/C16H20N4O4S/c1-22-12-7-10(8-13(23-2)14(12)24-3)11-9-18-16-20(11)19-15(25-16)17-5-4-6-21/h7-9,21H,4-6H2,1-3H3,(H,17,19). The highest BCUT2D eigenvalue weighted by Crippen LogP contribution is 2.41. The minimum absolute atomic E-state index is 0.145. The van der Waals surface area contributed by atoms with E-state index in [9.17, 15) is 0 Å². The summed E-state index contributed by atoms with van der Waals surface area (Å²) in [7, 11) is 4.74. The fourth-order valence-corrected chi connectivity index (χ4v) is 3.27. The second-order valence-corrected chi connectivity index (χ2v) is 6.12. The minimum Gasteiger partial charge on any atom is -0.493 e. The van der Waals surface area contributed by atoms with Crippen LogP contribution in [0.4, 0.5) is 5.13 Å². The Bertz CT molecular complexity index is 836. The number of nitrogens with one attached hydrogen (secondary N) is 1. The van der Waals surface area contributed by atoms with Gasteiger partial charge >= 0.3 is 0 Å². The average molecular weight is 364 g/mol. The van der Waals surface area contributed by atoms with Crippen molar-refractivity contribution in [2.75, 3.05) is 39.8 Å². The zero-order valence-electron chi connectivity index (χ0n) is 14.3. The third-order valence-electron chi connectivity index (χ3n) is 3.66. The van der Waals surface area contributed by atoms with Crippen LogP contribution in [0.2, 0.25) is 0 Å². The summed E-state index contributed by atoms with van der Waals surface area (Å²) in [5, 5.41) is 17.3. The molecule has 9 heteroatoms. The molecule has 134 valence electrons. The second kappa shape index (κ2) is 7.58. The first-order chi connectivity index (χ1) is 12.2. The maximum atomic E-state index is 8.87. The topological polar surface area (TPSA) is 90.1 Å². The van der Waals surface area contributed by atoms with Crippen molar-refractivity contribution in [3.63, 3.8) is 0 Å². The van der Waals surface area contributed by atoms with Crippen molar-refractivity contribution in [1.82, 2.24) is 14.6 Å². The minimum atomic E-state index is 0.145. The van der Waals surface area contributed by atoms with E-state index in [0.29, 0.717) is 30.2 Å². The number of aromatic nitrogens is 3. The number of nitrogens with zero attached hydrogens (tertiary/aromatic N) is 3. The fraction of sp³-hybridized carbons (Fsp3) is 0.375. The summed E-state index contributed by atoms with van der Waals surface area (Å²) in [6.07, 6.45) is 2.43. The maximum absolute atomic E-state index is 8.87. The highest BCUT2D eigenvalue weighted by atomic mass is 32.1. The molecule has 2 N–H and O–H groups in total. The summed E-state index contributed by atoms with van der Waals surface area (Å²) in [5.74, 6) is 1.69. The number of methoxy groups -OCH3 is 3. The molecular weight excluding hydrogens is 344 g/mol. The lowest BCUT2D eigenvalue weighted by Crippen LogP contribution is -2.03. The zero-order valence-corrected chi connectivity index (χ0v) is 15.1. The molecule has 2 heterocycles. The second-order valence-electron chi connectivity index (χ2n) is 5.16. The number of fused-ring (bicyclic) bond motifs is 1. The molecule has 0 spiro atoms. The number of hydrogen-bond acceptors (Lipinski definition) is 8. The maximum Gasteiger partial charge on any atom is 0.214 e. The van der Waals surface area contributed by atoms with Gasteiger partial charge in [0.2, 0.25) is 15.8 Å². The normalized spacial score (nSPS) is 10.9. The van der Waals surface area contributed by atoms with E-state index >= 15 is 0 Å². The molecule has 1 aromatic carbocycles. The largest absolute Gasteiger partial charge is 0.493 e. The molecule has 0 aliphatic rings. The molecule has 0 bridgehead atoms. The summed E-state index contributed by atoms with van der Waals surface area (Å²) in [6, 6.07) is 3.73. The van der Waals surface area contributed by atoms with Gasteiger partial charge in [-0.15, -0.1) is 5.10 Å². The fourth-order valence-electron chi connectivity index (χ4n) is 2.46. The number of anilines is 1. The van der Waals surface area contributed by atoms with Crippen LogP contribution in [-0.4, -0.2) is 54.2 Å².